The molecule has 2 aromatic heterocycles. The third-order valence-electron chi connectivity index (χ3n) is 3.35. The van der Waals surface area contributed by atoms with E-state index in [0.29, 0.717) is 28.0 Å². The van der Waals surface area contributed by atoms with Crippen LogP contribution in [-0.2, 0) is 9.59 Å². The zero-order valence-electron chi connectivity index (χ0n) is 13.8. The van der Waals surface area contributed by atoms with Crippen molar-refractivity contribution in [3.8, 4) is 5.75 Å². The van der Waals surface area contributed by atoms with Crippen LogP contribution in [0.15, 0.2) is 34.8 Å². The van der Waals surface area contributed by atoms with Crippen molar-refractivity contribution in [1.29, 1.82) is 0 Å². The summed E-state index contributed by atoms with van der Waals surface area (Å²) in [5.74, 6) is -0.701. The van der Waals surface area contributed by atoms with E-state index in [-0.39, 0.29) is 22.8 Å². The average Bonchev–Trinajstić information content (AvgIpc) is 3.06. The standard InChI is InChI=1S/C16H11N7O3S/c1-8(25)20-12-4-9(3-11(15(12)26)19-7-24)21-22-16-10-5-18-6-13(17-2)14(10)23-27-16/h3-7,26H,1H3,(H,19,24)(H,20,25). The number of nitrogens with zero attached hydrogens (tertiary/aromatic N) is 5. The van der Waals surface area contributed by atoms with Crippen LogP contribution in [0.4, 0.5) is 27.8 Å². The Hall–Kier alpha value is -3.91. The van der Waals surface area contributed by atoms with Crippen LogP contribution in [0.25, 0.3) is 15.7 Å². The second kappa shape index (κ2) is 7.54. The molecule has 0 atom stereocenters. The minimum atomic E-state index is -0.400. The lowest BCUT2D eigenvalue weighted by Crippen LogP contribution is -2.06. The zero-order chi connectivity index (χ0) is 19.4. The first kappa shape index (κ1) is 17.9. The minimum absolute atomic E-state index is 0.0660. The normalized spacial score (nSPS) is 10.7. The summed E-state index contributed by atoms with van der Waals surface area (Å²) < 4.78 is 4.20. The van der Waals surface area contributed by atoms with E-state index in [1.54, 1.807) is 6.20 Å². The van der Waals surface area contributed by atoms with Gasteiger partial charge in [0.25, 0.3) is 0 Å². The molecule has 0 radical (unpaired) electrons. The second-order valence-electron chi connectivity index (χ2n) is 5.19. The molecule has 0 aliphatic heterocycles. The molecule has 3 rings (SSSR count). The summed E-state index contributed by atoms with van der Waals surface area (Å²) in [6.07, 6.45) is 3.36. The monoisotopic (exact) mass is 381 g/mol. The van der Waals surface area contributed by atoms with Gasteiger partial charge in [-0.15, -0.1) is 10.2 Å². The Kier molecular flexibility index (Phi) is 5.00. The average molecular weight is 381 g/mol. The quantitative estimate of drug-likeness (QED) is 0.267. The number of carbonyl (C=O) groups excluding carboxylic acids is 2. The Morgan fingerprint density at radius 1 is 1.33 bits per heavy atom. The number of amides is 2. The fraction of sp³-hybridized carbons (Fsp3) is 0.0625. The van der Waals surface area contributed by atoms with E-state index in [9.17, 15) is 14.7 Å². The van der Waals surface area contributed by atoms with E-state index in [2.05, 4.69) is 35.1 Å². The molecule has 2 amide bonds. The smallest absolute Gasteiger partial charge is 0.231 e. The molecular formula is C16H11N7O3S. The summed E-state index contributed by atoms with van der Waals surface area (Å²) >= 11 is 1.06. The molecule has 0 bridgehead atoms. The van der Waals surface area contributed by atoms with Crippen molar-refractivity contribution in [2.75, 3.05) is 10.6 Å². The molecule has 0 saturated carbocycles. The lowest BCUT2D eigenvalue weighted by atomic mass is 10.2. The topological polar surface area (TPSA) is 133 Å². The molecule has 0 aliphatic carbocycles. The number of fused-ring (bicyclic) bond motifs is 1. The molecule has 0 spiro atoms. The van der Waals surface area contributed by atoms with Crippen molar-refractivity contribution >= 4 is 62.5 Å². The number of carbonyl (C=O) groups is 2. The number of azo groups is 1. The zero-order valence-corrected chi connectivity index (χ0v) is 14.6. The highest BCUT2D eigenvalue weighted by atomic mass is 32.1. The number of hydrogen-bond donors (Lipinski definition) is 3. The van der Waals surface area contributed by atoms with Crippen LogP contribution in [0.2, 0.25) is 0 Å². The molecule has 3 aromatic rings. The van der Waals surface area contributed by atoms with Gasteiger partial charge in [0.2, 0.25) is 18.0 Å². The summed E-state index contributed by atoms with van der Waals surface area (Å²) in [4.78, 5) is 29.4. The van der Waals surface area contributed by atoms with Gasteiger partial charge < -0.3 is 15.7 Å². The van der Waals surface area contributed by atoms with Gasteiger partial charge in [-0.3, -0.25) is 14.6 Å². The van der Waals surface area contributed by atoms with E-state index in [1.807, 2.05) is 0 Å². The van der Waals surface area contributed by atoms with Gasteiger partial charge in [0.05, 0.1) is 29.2 Å². The van der Waals surface area contributed by atoms with Gasteiger partial charge in [0.1, 0.15) is 0 Å². The largest absolute Gasteiger partial charge is 0.504 e. The maximum Gasteiger partial charge on any atom is 0.231 e. The molecule has 0 saturated heterocycles. The van der Waals surface area contributed by atoms with Crippen LogP contribution in [0.5, 0.6) is 5.75 Å². The number of phenols is 1. The molecule has 0 fully saturated rings. The number of aromatic hydroxyl groups is 1. The third-order valence-corrected chi connectivity index (χ3v) is 4.10. The third kappa shape index (κ3) is 3.70. The minimum Gasteiger partial charge on any atom is -0.504 e. The fourth-order valence-electron chi connectivity index (χ4n) is 2.23. The second-order valence-corrected chi connectivity index (χ2v) is 5.94. The van der Waals surface area contributed by atoms with Crippen LogP contribution in [0, 0.1) is 6.57 Å². The highest BCUT2D eigenvalue weighted by Crippen LogP contribution is 2.39. The van der Waals surface area contributed by atoms with Gasteiger partial charge in [0, 0.05) is 24.7 Å². The molecular weight excluding hydrogens is 370 g/mol. The van der Waals surface area contributed by atoms with E-state index in [0.717, 1.165) is 11.5 Å². The SMILES string of the molecule is [C-]#[N+]c1cncc2c(N=Nc3cc(NC=O)c(O)c(NC(C)=O)c3)snc12. The number of nitrogens with one attached hydrogen (secondary N) is 2. The van der Waals surface area contributed by atoms with Gasteiger partial charge in [-0.05, 0) is 23.7 Å². The van der Waals surface area contributed by atoms with Gasteiger partial charge in [0.15, 0.2) is 10.8 Å². The first-order valence-corrected chi connectivity index (χ1v) is 8.18. The predicted octanol–water partition coefficient (Wildman–Crippen LogP) is 3.89. The van der Waals surface area contributed by atoms with Crippen molar-refractivity contribution in [1.82, 2.24) is 9.36 Å². The molecule has 1 aromatic carbocycles. The van der Waals surface area contributed by atoms with E-state index < -0.39 is 5.91 Å². The summed E-state index contributed by atoms with van der Waals surface area (Å²) in [6, 6.07) is 2.80. The van der Waals surface area contributed by atoms with Crippen molar-refractivity contribution in [3.63, 3.8) is 0 Å². The highest BCUT2D eigenvalue weighted by molar-refractivity contribution is 7.11. The van der Waals surface area contributed by atoms with Gasteiger partial charge >= 0.3 is 0 Å². The first-order valence-electron chi connectivity index (χ1n) is 7.41. The predicted molar refractivity (Wildman–Crippen MR) is 100.0 cm³/mol. The van der Waals surface area contributed by atoms with Crippen LogP contribution < -0.4 is 10.6 Å². The van der Waals surface area contributed by atoms with E-state index >= 15 is 0 Å². The van der Waals surface area contributed by atoms with Crippen LogP contribution in [0.3, 0.4) is 0 Å². The Labute approximate surface area is 156 Å². The molecule has 10 nitrogen and oxygen atoms in total. The lowest BCUT2D eigenvalue weighted by molar-refractivity contribution is -0.114. The first-order chi connectivity index (χ1) is 13.0. The molecule has 11 heteroatoms. The molecule has 0 unspecified atom stereocenters. The number of rotatable bonds is 5. The number of aromatic nitrogens is 2. The van der Waals surface area contributed by atoms with Crippen LogP contribution in [0.1, 0.15) is 6.92 Å². The van der Waals surface area contributed by atoms with Crippen molar-refractivity contribution in [3.05, 3.63) is 35.9 Å². The molecule has 0 aliphatic rings. The van der Waals surface area contributed by atoms with Gasteiger partial charge in [-0.25, -0.2) is 9.22 Å². The molecule has 134 valence electrons. The molecule has 3 N–H and O–H groups in total. The summed E-state index contributed by atoms with van der Waals surface area (Å²) in [7, 11) is 0. The number of phenolic OH excluding ortho intramolecular Hbond substituents is 1. The number of benzene rings is 1. The van der Waals surface area contributed by atoms with Gasteiger partial charge in [-0.1, -0.05) is 0 Å². The van der Waals surface area contributed by atoms with E-state index in [4.69, 9.17) is 6.57 Å². The summed E-state index contributed by atoms with van der Waals surface area (Å²) in [6.45, 7) is 8.42. The number of pyridine rings is 1. The Bertz CT molecular complexity index is 1120. The van der Waals surface area contributed by atoms with Gasteiger partial charge in [-0.2, -0.15) is 0 Å². The van der Waals surface area contributed by atoms with Crippen molar-refractivity contribution < 1.29 is 14.7 Å². The van der Waals surface area contributed by atoms with Crippen LogP contribution in [-0.4, -0.2) is 26.8 Å². The maximum absolute atomic E-state index is 11.3. The lowest BCUT2D eigenvalue weighted by Gasteiger charge is -2.10. The summed E-state index contributed by atoms with van der Waals surface area (Å²) in [5, 5.41) is 24.1. The highest BCUT2D eigenvalue weighted by Gasteiger charge is 2.13. The number of anilines is 2. The Morgan fingerprint density at radius 2 is 2.11 bits per heavy atom. The maximum atomic E-state index is 11.3. The molecule has 2 heterocycles. The van der Waals surface area contributed by atoms with Crippen molar-refractivity contribution in [2.45, 2.75) is 6.92 Å². The summed E-state index contributed by atoms with van der Waals surface area (Å²) in [5.41, 5.74) is 1.23. The van der Waals surface area contributed by atoms with Crippen molar-refractivity contribution in [2.24, 2.45) is 10.2 Å². The number of hydrogen-bond acceptors (Lipinski definition) is 8. The van der Waals surface area contributed by atoms with Crippen LogP contribution >= 0.6 is 11.5 Å². The van der Waals surface area contributed by atoms with E-state index in [1.165, 1.54) is 25.3 Å². The fourth-order valence-corrected chi connectivity index (χ4v) is 2.92. The Morgan fingerprint density at radius 3 is 2.81 bits per heavy atom. The Balaban J connectivity index is 2.02. The molecule has 27 heavy (non-hydrogen) atoms.